The average Bonchev–Trinajstić information content (AvgIpc) is 4.13. The zero-order valence-corrected chi connectivity index (χ0v) is 43.2. The van der Waals surface area contributed by atoms with Crippen LogP contribution in [0.15, 0.2) is 84.1 Å². The van der Waals surface area contributed by atoms with Gasteiger partial charge >= 0.3 is 12.2 Å². The normalized spacial score (nSPS) is 16.4. The van der Waals surface area contributed by atoms with Gasteiger partial charge in [-0.15, -0.1) is 45.3 Å². The Labute approximate surface area is 419 Å². The number of ether oxygens (including phenoxy) is 2. The van der Waals surface area contributed by atoms with Crippen molar-refractivity contribution in [2.75, 3.05) is 24.1 Å². The molecule has 0 saturated carbocycles. The number of hydrogen-bond donors (Lipinski definition) is 2. The Morgan fingerprint density at radius 2 is 1.19 bits per heavy atom. The summed E-state index contributed by atoms with van der Waals surface area (Å²) in [5.41, 5.74) is 11.8. The zero-order chi connectivity index (χ0) is 49.4. The summed E-state index contributed by atoms with van der Waals surface area (Å²) in [6, 6.07) is 14.5. The van der Waals surface area contributed by atoms with Crippen LogP contribution in [0, 0.1) is 11.6 Å². The number of nitrogens with two attached hydrogens (primary N) is 1. The van der Waals surface area contributed by atoms with E-state index in [9.17, 15) is 18.4 Å². The summed E-state index contributed by atoms with van der Waals surface area (Å²) in [6.07, 6.45) is 8.81. The molecule has 0 radical (unpaired) electrons. The average molecular weight is 1030 g/mol. The van der Waals surface area contributed by atoms with E-state index in [1.54, 1.807) is 80.2 Å². The van der Waals surface area contributed by atoms with E-state index in [4.69, 9.17) is 26.8 Å². The molecule has 0 bridgehead atoms. The number of amides is 2. The van der Waals surface area contributed by atoms with Crippen LogP contribution in [0.4, 0.5) is 35.4 Å². The number of anilines is 3. The first-order valence-corrected chi connectivity index (χ1v) is 25.9. The quantitative estimate of drug-likeness (QED) is 0.163. The number of nitrogens with zero attached hydrogens (tertiary/aromatic N) is 6. The minimum atomic E-state index is -0.545. The highest BCUT2D eigenvalue weighted by Gasteiger charge is 2.33. The number of fused-ring (bicyclic) bond motifs is 4. The van der Waals surface area contributed by atoms with Crippen molar-refractivity contribution in [3.63, 3.8) is 0 Å². The number of hydrogen-bond acceptors (Lipinski definition) is 14. The van der Waals surface area contributed by atoms with Crippen molar-refractivity contribution in [1.82, 2.24) is 29.7 Å². The van der Waals surface area contributed by atoms with Gasteiger partial charge in [0.15, 0.2) is 11.6 Å². The van der Waals surface area contributed by atoms with E-state index in [0.717, 1.165) is 69.3 Å². The van der Waals surface area contributed by atoms with Gasteiger partial charge in [0.05, 0.1) is 54.6 Å². The van der Waals surface area contributed by atoms with Gasteiger partial charge < -0.3 is 30.3 Å². The van der Waals surface area contributed by atoms with E-state index in [1.165, 1.54) is 22.7 Å². The number of halogens is 3. The first kappa shape index (κ1) is 49.6. The molecule has 2 aromatic carbocycles. The van der Waals surface area contributed by atoms with Crippen molar-refractivity contribution in [3.8, 4) is 0 Å². The summed E-state index contributed by atoms with van der Waals surface area (Å²) in [5, 5.41) is 5.80. The van der Waals surface area contributed by atoms with E-state index in [2.05, 4.69) is 49.5 Å². The maximum absolute atomic E-state index is 15.0. The number of pyridine rings is 2. The third-order valence-corrected chi connectivity index (χ3v) is 15.2. The van der Waals surface area contributed by atoms with Crippen LogP contribution in [-0.4, -0.2) is 78.3 Å². The van der Waals surface area contributed by atoms with Gasteiger partial charge in [-0.2, -0.15) is 0 Å². The molecule has 0 fully saturated rings. The summed E-state index contributed by atoms with van der Waals surface area (Å²) in [5.74, 6) is -0.778. The SMILES string of the molecule is CC1C(c2cc3c(Cl)ccnc3s2)=CCCN1C(=O)OC(C)(C)C.CC1C(c2cc3c(Nc4ccc5scnc5c4F)ccnc3s2)=CCCN1C(=O)OC(C)(C)C.Nc1ccc2scnc2c1F. The molecule has 2 amide bonds. The van der Waals surface area contributed by atoms with Crippen LogP contribution in [0.25, 0.3) is 52.0 Å². The van der Waals surface area contributed by atoms with Crippen molar-refractivity contribution >= 4 is 138 Å². The van der Waals surface area contributed by atoms with Gasteiger partial charge in [-0.25, -0.2) is 38.3 Å². The number of benzene rings is 2. The number of nitrogens with one attached hydrogen (secondary N) is 1. The highest BCUT2D eigenvalue weighted by molar-refractivity contribution is 7.20. The second kappa shape index (κ2) is 20.3. The van der Waals surface area contributed by atoms with Crippen molar-refractivity contribution in [2.45, 2.75) is 91.5 Å². The predicted octanol–water partition coefficient (Wildman–Crippen LogP) is 14.6. The molecule has 2 aliphatic rings. The van der Waals surface area contributed by atoms with Gasteiger partial charge in [-0.05, 0) is 128 Å². The molecule has 0 spiro atoms. The Hall–Kier alpha value is -5.79. The highest BCUT2D eigenvalue weighted by atomic mass is 35.5. The van der Waals surface area contributed by atoms with Crippen molar-refractivity contribution < 1.29 is 27.8 Å². The minimum absolute atomic E-state index is 0.0413. The molecule has 0 aliphatic carbocycles. The lowest BCUT2D eigenvalue weighted by molar-refractivity contribution is 0.0203. The van der Waals surface area contributed by atoms with E-state index in [1.807, 2.05) is 67.5 Å². The number of thiazole rings is 2. The largest absolute Gasteiger partial charge is 0.444 e. The van der Waals surface area contributed by atoms with Gasteiger partial charge in [-0.1, -0.05) is 23.8 Å². The second-order valence-electron chi connectivity index (χ2n) is 18.3. The summed E-state index contributed by atoms with van der Waals surface area (Å²) in [4.78, 5) is 49.6. The van der Waals surface area contributed by atoms with Crippen LogP contribution in [0.2, 0.25) is 5.02 Å². The fourth-order valence-corrected chi connectivity index (χ4v) is 11.7. The number of carbonyl (C=O) groups excluding carboxylic acids is 2. The molecule has 2 atom stereocenters. The number of nitrogen functional groups attached to an aromatic ring is 1. The van der Waals surface area contributed by atoms with Gasteiger partial charge in [0.2, 0.25) is 0 Å². The first-order valence-electron chi connectivity index (χ1n) is 22.1. The fraction of sp³-hybridized carbons (Fsp3) is 0.320. The number of rotatable bonds is 4. The van der Waals surface area contributed by atoms with E-state index >= 15 is 0 Å². The Kier molecular flexibility index (Phi) is 14.6. The monoisotopic (exact) mass is 1030 g/mol. The van der Waals surface area contributed by atoms with Crippen LogP contribution in [0.3, 0.4) is 0 Å². The molecule has 2 aliphatic heterocycles. The van der Waals surface area contributed by atoms with Crippen molar-refractivity contribution in [2.24, 2.45) is 0 Å². The standard InChI is InChI=1S/C25H25FN4O2S2.C18H21ClN2O2S.C7H5FN2S/c1-14-15(6-5-11-30(14)24(31)32-25(2,3)4)20-12-16-17(9-10-27-23(16)34-20)29-18-7-8-19-22(21(18)26)28-13-33-19;1-11-12(6-5-9-21(11)17(22)23-18(2,3)4)15-10-13-14(19)7-8-20-16(13)24-15;8-6-4(9)1-2-5-7(6)10-3-11-5/h6-10,12-14H,5,11H2,1-4H3,(H,27,29);6-8,10-11H,5,9H2,1-4H3;1-3H,9H2. The van der Waals surface area contributed by atoms with Gasteiger partial charge in [0, 0.05) is 46.0 Å². The fourth-order valence-electron chi connectivity index (χ4n) is 7.83. The second-order valence-corrected chi connectivity index (χ2v) is 22.6. The molecule has 8 heterocycles. The molecule has 69 heavy (non-hydrogen) atoms. The third kappa shape index (κ3) is 11.2. The van der Waals surface area contributed by atoms with Crippen LogP contribution >= 0.6 is 56.9 Å². The summed E-state index contributed by atoms with van der Waals surface area (Å²) in [6.45, 7) is 16.6. The van der Waals surface area contributed by atoms with Gasteiger partial charge in [0.1, 0.15) is 31.9 Å². The van der Waals surface area contributed by atoms with E-state index in [0.29, 0.717) is 34.8 Å². The molecule has 2 unspecified atom stereocenters. The molecule has 19 heteroatoms. The molecule has 6 aromatic heterocycles. The third-order valence-electron chi connectivity index (χ3n) is 11.1. The molecule has 360 valence electrons. The summed E-state index contributed by atoms with van der Waals surface area (Å²) < 4.78 is 40.8. The maximum Gasteiger partial charge on any atom is 0.410 e. The lowest BCUT2D eigenvalue weighted by atomic mass is 10.00. The van der Waals surface area contributed by atoms with Crippen molar-refractivity contribution in [3.05, 3.63) is 111 Å². The predicted molar refractivity (Wildman–Crippen MR) is 281 cm³/mol. The Morgan fingerprint density at radius 3 is 1.72 bits per heavy atom. The highest BCUT2D eigenvalue weighted by Crippen LogP contribution is 2.40. The molecule has 3 N–H and O–H groups in total. The lowest BCUT2D eigenvalue weighted by Gasteiger charge is -2.35. The summed E-state index contributed by atoms with van der Waals surface area (Å²) in [7, 11) is 0. The molecule has 0 saturated heterocycles. The molecule has 10 rings (SSSR count). The Balaban J connectivity index is 0.000000158. The molecular weight excluding hydrogens is 978 g/mol. The van der Waals surface area contributed by atoms with Gasteiger partial charge in [0.25, 0.3) is 0 Å². The molecule has 8 aromatic rings. The van der Waals surface area contributed by atoms with Crippen LogP contribution in [0.1, 0.15) is 78.0 Å². The number of carbonyl (C=O) groups is 2. The van der Waals surface area contributed by atoms with Crippen LogP contribution in [-0.2, 0) is 9.47 Å². The molecule has 12 nitrogen and oxygen atoms in total. The minimum Gasteiger partial charge on any atom is -0.444 e. The van der Waals surface area contributed by atoms with Gasteiger partial charge in [-0.3, -0.25) is 0 Å². The van der Waals surface area contributed by atoms with E-state index in [-0.39, 0.29) is 35.8 Å². The zero-order valence-electron chi connectivity index (χ0n) is 39.2. The topological polar surface area (TPSA) is 149 Å². The number of thiophene rings is 2. The smallest absolute Gasteiger partial charge is 0.410 e. The Bertz CT molecular complexity index is 3260. The van der Waals surface area contributed by atoms with Crippen LogP contribution in [0.5, 0.6) is 0 Å². The molecular formula is C50H51ClF2N8O4S4. The van der Waals surface area contributed by atoms with E-state index < -0.39 is 17.0 Å². The number of aromatic nitrogens is 4. The van der Waals surface area contributed by atoms with Crippen molar-refractivity contribution in [1.29, 1.82) is 0 Å². The Morgan fingerprint density at radius 1 is 0.696 bits per heavy atom. The lowest BCUT2D eigenvalue weighted by Crippen LogP contribution is -2.44. The summed E-state index contributed by atoms with van der Waals surface area (Å²) >= 11 is 12.2. The van der Waals surface area contributed by atoms with Crippen LogP contribution < -0.4 is 11.1 Å². The first-order chi connectivity index (χ1) is 32.8. The maximum atomic E-state index is 15.0.